The summed E-state index contributed by atoms with van der Waals surface area (Å²) in [6.45, 7) is 2.76. The molecule has 0 aromatic carbocycles. The summed E-state index contributed by atoms with van der Waals surface area (Å²) in [6, 6.07) is 0.183. The normalized spacial score (nSPS) is 16.1. The molecule has 0 aromatic heterocycles. The number of nitrogens with zero attached hydrogens (tertiary/aromatic N) is 1. The van der Waals surface area contributed by atoms with E-state index in [4.69, 9.17) is 0 Å². The van der Waals surface area contributed by atoms with Crippen molar-refractivity contribution in [3.05, 3.63) is 0 Å². The maximum absolute atomic E-state index is 12.1. The Labute approximate surface area is 109 Å². The van der Waals surface area contributed by atoms with Crippen molar-refractivity contribution in [2.24, 2.45) is 0 Å². The first-order valence-electron chi connectivity index (χ1n) is 6.93. The third-order valence-corrected chi connectivity index (χ3v) is 3.33. The van der Waals surface area contributed by atoms with E-state index in [0.29, 0.717) is 6.54 Å². The first-order chi connectivity index (χ1) is 8.67. The summed E-state index contributed by atoms with van der Waals surface area (Å²) in [4.78, 5) is 25.0. The van der Waals surface area contributed by atoms with Gasteiger partial charge in [-0.1, -0.05) is 26.2 Å². The molecule has 1 aliphatic carbocycles. The van der Waals surface area contributed by atoms with Gasteiger partial charge in [0.25, 0.3) is 0 Å². The summed E-state index contributed by atoms with van der Waals surface area (Å²) in [5.74, 6) is -0.123. The van der Waals surface area contributed by atoms with Gasteiger partial charge in [0.1, 0.15) is 6.54 Å². The molecule has 5 nitrogen and oxygen atoms in total. The lowest BCUT2D eigenvalue weighted by molar-refractivity contribution is -0.121. The Morgan fingerprint density at radius 2 is 1.89 bits per heavy atom. The third-order valence-electron chi connectivity index (χ3n) is 3.33. The summed E-state index contributed by atoms with van der Waals surface area (Å²) in [6.07, 6.45) is 6.62. The zero-order valence-electron chi connectivity index (χ0n) is 11.5. The molecule has 1 aliphatic rings. The topological polar surface area (TPSA) is 61.4 Å². The molecule has 0 spiro atoms. The molecule has 0 bridgehead atoms. The molecule has 1 fully saturated rings. The molecule has 0 atom stereocenters. The number of hydrogen-bond donors (Lipinski definition) is 2. The summed E-state index contributed by atoms with van der Waals surface area (Å²) >= 11 is 0. The predicted octanol–water partition coefficient (Wildman–Crippen LogP) is 1.49. The number of carbonyl (C=O) groups excluding carboxylic acids is 2. The molecule has 0 aromatic rings. The van der Waals surface area contributed by atoms with Crippen molar-refractivity contribution in [1.29, 1.82) is 0 Å². The molecule has 1 rings (SSSR count). The molecule has 0 unspecified atom stereocenters. The summed E-state index contributed by atoms with van der Waals surface area (Å²) < 4.78 is 0. The van der Waals surface area contributed by atoms with E-state index in [-0.39, 0.29) is 24.5 Å². The average molecular weight is 255 g/mol. The smallest absolute Gasteiger partial charge is 0.318 e. The minimum absolute atomic E-state index is 0.104. The van der Waals surface area contributed by atoms with Crippen molar-refractivity contribution in [2.45, 2.75) is 51.5 Å². The highest BCUT2D eigenvalue weighted by Gasteiger charge is 2.20. The monoisotopic (exact) mass is 255 g/mol. The lowest BCUT2D eigenvalue weighted by atomic mass is 9.96. The highest BCUT2D eigenvalue weighted by Crippen LogP contribution is 2.17. The van der Waals surface area contributed by atoms with Gasteiger partial charge in [0.05, 0.1) is 0 Å². The van der Waals surface area contributed by atoms with Gasteiger partial charge >= 0.3 is 6.03 Å². The van der Waals surface area contributed by atoms with Gasteiger partial charge in [-0.3, -0.25) is 4.79 Å². The first kappa shape index (κ1) is 14.8. The van der Waals surface area contributed by atoms with Crippen LogP contribution in [0.3, 0.4) is 0 Å². The largest absolute Gasteiger partial charge is 0.358 e. The molecule has 2 N–H and O–H groups in total. The molecule has 0 aliphatic heterocycles. The fourth-order valence-corrected chi connectivity index (χ4v) is 2.29. The average Bonchev–Trinajstić information content (AvgIpc) is 2.39. The van der Waals surface area contributed by atoms with Crippen molar-refractivity contribution < 1.29 is 9.59 Å². The van der Waals surface area contributed by atoms with Crippen molar-refractivity contribution in [3.8, 4) is 0 Å². The Morgan fingerprint density at radius 3 is 2.44 bits per heavy atom. The van der Waals surface area contributed by atoms with Crippen molar-refractivity contribution in [1.82, 2.24) is 15.5 Å². The molecule has 18 heavy (non-hydrogen) atoms. The van der Waals surface area contributed by atoms with E-state index in [2.05, 4.69) is 10.6 Å². The maximum atomic E-state index is 12.1. The number of rotatable bonds is 5. The molecular formula is C13H25N3O2. The minimum Gasteiger partial charge on any atom is -0.358 e. The van der Waals surface area contributed by atoms with Crippen LogP contribution in [0.4, 0.5) is 4.79 Å². The van der Waals surface area contributed by atoms with Crippen LogP contribution in [0.5, 0.6) is 0 Å². The second-order valence-electron chi connectivity index (χ2n) is 4.88. The van der Waals surface area contributed by atoms with Gasteiger partial charge in [-0.15, -0.1) is 0 Å². The van der Waals surface area contributed by atoms with Crippen LogP contribution in [0.25, 0.3) is 0 Å². The van der Waals surface area contributed by atoms with Gasteiger partial charge in [-0.2, -0.15) is 0 Å². The molecule has 1 saturated carbocycles. The van der Waals surface area contributed by atoms with Crippen LogP contribution < -0.4 is 10.6 Å². The van der Waals surface area contributed by atoms with E-state index < -0.39 is 0 Å². The van der Waals surface area contributed by atoms with E-state index in [1.165, 1.54) is 19.3 Å². The van der Waals surface area contributed by atoms with Crippen molar-refractivity contribution in [3.63, 3.8) is 0 Å². The van der Waals surface area contributed by atoms with Gasteiger partial charge in [0.15, 0.2) is 0 Å². The zero-order valence-corrected chi connectivity index (χ0v) is 11.5. The third kappa shape index (κ3) is 4.94. The summed E-state index contributed by atoms with van der Waals surface area (Å²) in [7, 11) is 1.59. The van der Waals surface area contributed by atoms with Gasteiger partial charge in [-0.05, 0) is 19.3 Å². The van der Waals surface area contributed by atoms with Crippen molar-refractivity contribution >= 4 is 11.9 Å². The second kappa shape index (κ2) is 7.95. The van der Waals surface area contributed by atoms with Crippen LogP contribution in [0.1, 0.15) is 45.4 Å². The fraction of sp³-hybridized carbons (Fsp3) is 0.846. The molecule has 5 heteroatoms. The Hall–Kier alpha value is -1.26. The number of hydrogen-bond acceptors (Lipinski definition) is 2. The molecule has 0 heterocycles. The Morgan fingerprint density at radius 1 is 1.22 bits per heavy atom. The Kier molecular flexibility index (Phi) is 6.54. The van der Waals surface area contributed by atoms with E-state index in [1.54, 1.807) is 11.9 Å². The van der Waals surface area contributed by atoms with E-state index in [9.17, 15) is 9.59 Å². The number of carbonyl (C=O) groups is 2. The van der Waals surface area contributed by atoms with E-state index in [0.717, 1.165) is 19.3 Å². The minimum atomic E-state index is -0.123. The molecule has 0 saturated heterocycles. The zero-order chi connectivity index (χ0) is 13.4. The van der Waals surface area contributed by atoms with Crippen LogP contribution in [-0.4, -0.2) is 43.0 Å². The fourth-order valence-electron chi connectivity index (χ4n) is 2.29. The molecular weight excluding hydrogens is 230 g/mol. The summed E-state index contributed by atoms with van der Waals surface area (Å²) in [5, 5.41) is 5.59. The van der Waals surface area contributed by atoms with E-state index in [1.807, 2.05) is 6.92 Å². The van der Waals surface area contributed by atoms with Crippen LogP contribution in [-0.2, 0) is 4.79 Å². The van der Waals surface area contributed by atoms with Crippen LogP contribution >= 0.6 is 0 Å². The second-order valence-corrected chi connectivity index (χ2v) is 4.88. The van der Waals surface area contributed by atoms with Crippen molar-refractivity contribution in [2.75, 3.05) is 20.1 Å². The lowest BCUT2D eigenvalue weighted by Crippen LogP contribution is -2.48. The maximum Gasteiger partial charge on any atom is 0.318 e. The lowest BCUT2D eigenvalue weighted by Gasteiger charge is -2.27. The Balaban J connectivity index is 2.44. The van der Waals surface area contributed by atoms with Crippen LogP contribution in [0.2, 0.25) is 0 Å². The van der Waals surface area contributed by atoms with Gasteiger partial charge in [0.2, 0.25) is 5.91 Å². The molecule has 104 valence electrons. The predicted molar refractivity (Wildman–Crippen MR) is 71.3 cm³/mol. The molecule has 0 radical (unpaired) electrons. The Bertz CT molecular complexity index is 275. The van der Waals surface area contributed by atoms with E-state index >= 15 is 0 Å². The first-order valence-corrected chi connectivity index (χ1v) is 6.93. The van der Waals surface area contributed by atoms with Gasteiger partial charge in [-0.25, -0.2) is 4.79 Å². The highest BCUT2D eigenvalue weighted by atomic mass is 16.2. The number of urea groups is 1. The summed E-state index contributed by atoms with van der Waals surface area (Å²) in [5.41, 5.74) is 0. The van der Waals surface area contributed by atoms with Gasteiger partial charge in [0, 0.05) is 19.6 Å². The van der Waals surface area contributed by atoms with Gasteiger partial charge < -0.3 is 15.5 Å². The van der Waals surface area contributed by atoms with Crippen LogP contribution in [0, 0.1) is 0 Å². The van der Waals surface area contributed by atoms with Crippen LogP contribution in [0.15, 0.2) is 0 Å². The standard InChI is InChI=1S/C13H25N3O2/c1-3-9-16(10-12(17)14-2)13(18)15-11-7-5-4-6-8-11/h11H,3-10H2,1-2H3,(H,14,17)(H,15,18). The molecule has 3 amide bonds. The number of nitrogens with one attached hydrogen (secondary N) is 2. The highest BCUT2D eigenvalue weighted by molar-refractivity contribution is 5.83. The quantitative estimate of drug-likeness (QED) is 0.782. The number of amides is 3. The number of likely N-dealkylation sites (N-methyl/N-ethyl adjacent to an activating group) is 1. The SMILES string of the molecule is CCCN(CC(=O)NC)C(=O)NC1CCCCC1.